The fraction of sp³-hybridized carbons (Fsp3) is 0. The molecule has 0 N–H and O–H groups in total. The molecule has 3 heterocycles. The molecule has 12 rings (SSSR count). The van der Waals surface area contributed by atoms with Crippen LogP contribution in [0.5, 0.6) is 0 Å². The third-order valence-electron chi connectivity index (χ3n) is 11.4. The van der Waals surface area contributed by atoms with Crippen LogP contribution in [-0.4, -0.2) is 19.5 Å². The molecule has 0 aliphatic carbocycles. The predicted molar refractivity (Wildman–Crippen MR) is 238 cm³/mol. The molecule has 0 saturated carbocycles. The Bertz CT molecular complexity index is 3420. The van der Waals surface area contributed by atoms with Crippen LogP contribution in [-0.2, 0) is 0 Å². The van der Waals surface area contributed by atoms with Crippen molar-refractivity contribution in [1.82, 2.24) is 19.5 Å². The SMILES string of the molecule is c1ccc(-c2nc(-c3ccccc3)nc(-c3ccc(-n4c5cc6ccccc6cc5c5cc6ccccc6cc54)cc3-c3cccc4oc5ccccc5c34)n2)cc1. The number of fused-ring (bicyclic) bond motifs is 8. The summed E-state index contributed by atoms with van der Waals surface area (Å²) >= 11 is 0. The van der Waals surface area contributed by atoms with Gasteiger partial charge in [0.25, 0.3) is 0 Å². The molecule has 5 heteroatoms. The predicted octanol–water partition coefficient (Wildman–Crippen LogP) is 13.8. The lowest BCUT2D eigenvalue weighted by molar-refractivity contribution is 0.669. The van der Waals surface area contributed by atoms with Crippen molar-refractivity contribution in [2.75, 3.05) is 0 Å². The minimum atomic E-state index is 0.596. The van der Waals surface area contributed by atoms with Gasteiger partial charge in [-0.3, -0.25) is 0 Å². The van der Waals surface area contributed by atoms with Gasteiger partial charge in [0.2, 0.25) is 0 Å². The summed E-state index contributed by atoms with van der Waals surface area (Å²) in [6, 6.07) is 68.2. The maximum Gasteiger partial charge on any atom is 0.164 e. The largest absolute Gasteiger partial charge is 0.456 e. The molecular weight excluding hydrogens is 709 g/mol. The second-order valence-electron chi connectivity index (χ2n) is 14.8. The minimum Gasteiger partial charge on any atom is -0.456 e. The van der Waals surface area contributed by atoms with Gasteiger partial charge >= 0.3 is 0 Å². The summed E-state index contributed by atoms with van der Waals surface area (Å²) in [6.07, 6.45) is 0. The molecule has 0 amide bonds. The van der Waals surface area contributed by atoms with E-state index in [0.717, 1.165) is 66.5 Å². The number of para-hydroxylation sites is 1. The Morgan fingerprint density at radius 3 is 1.48 bits per heavy atom. The highest BCUT2D eigenvalue weighted by molar-refractivity contribution is 6.17. The van der Waals surface area contributed by atoms with Crippen LogP contribution in [0.2, 0.25) is 0 Å². The molecule has 5 nitrogen and oxygen atoms in total. The maximum absolute atomic E-state index is 6.47. The molecule has 0 unspecified atom stereocenters. The van der Waals surface area contributed by atoms with Crippen LogP contribution in [0.4, 0.5) is 0 Å². The zero-order valence-electron chi connectivity index (χ0n) is 31.2. The molecule has 0 radical (unpaired) electrons. The monoisotopic (exact) mass is 740 g/mol. The molecule has 3 aromatic heterocycles. The topological polar surface area (TPSA) is 56.7 Å². The minimum absolute atomic E-state index is 0.596. The Morgan fingerprint density at radius 2 is 0.862 bits per heavy atom. The molecule has 0 bridgehead atoms. The number of aromatic nitrogens is 4. The van der Waals surface area contributed by atoms with Gasteiger partial charge in [-0.05, 0) is 87.3 Å². The van der Waals surface area contributed by atoms with Crippen molar-refractivity contribution in [3.63, 3.8) is 0 Å². The Hall–Kier alpha value is -7.89. The Labute approximate surface area is 333 Å². The summed E-state index contributed by atoms with van der Waals surface area (Å²) in [6.45, 7) is 0. The van der Waals surface area contributed by atoms with E-state index < -0.39 is 0 Å². The van der Waals surface area contributed by atoms with Gasteiger partial charge < -0.3 is 8.98 Å². The number of nitrogens with zero attached hydrogens (tertiary/aromatic N) is 4. The van der Waals surface area contributed by atoms with E-state index in [4.69, 9.17) is 19.4 Å². The zero-order valence-corrected chi connectivity index (χ0v) is 31.2. The zero-order chi connectivity index (χ0) is 38.2. The fourth-order valence-electron chi connectivity index (χ4n) is 8.68. The van der Waals surface area contributed by atoms with Gasteiger partial charge in [-0.15, -0.1) is 0 Å². The van der Waals surface area contributed by atoms with Gasteiger partial charge in [-0.2, -0.15) is 0 Å². The van der Waals surface area contributed by atoms with Gasteiger partial charge in [0.1, 0.15) is 11.2 Å². The van der Waals surface area contributed by atoms with Crippen molar-refractivity contribution in [2.24, 2.45) is 0 Å². The maximum atomic E-state index is 6.47. The molecule has 270 valence electrons. The normalized spacial score (nSPS) is 11.8. The molecule has 0 spiro atoms. The average Bonchev–Trinajstić information content (AvgIpc) is 3.82. The van der Waals surface area contributed by atoms with Crippen molar-refractivity contribution in [1.29, 1.82) is 0 Å². The number of hydrogen-bond acceptors (Lipinski definition) is 4. The van der Waals surface area contributed by atoms with E-state index >= 15 is 0 Å². The first-order chi connectivity index (χ1) is 28.7. The molecule has 12 aromatic rings. The van der Waals surface area contributed by atoms with Crippen LogP contribution in [0.1, 0.15) is 0 Å². The van der Waals surface area contributed by atoms with Crippen LogP contribution in [0, 0.1) is 0 Å². The summed E-state index contributed by atoms with van der Waals surface area (Å²) in [7, 11) is 0. The van der Waals surface area contributed by atoms with Crippen molar-refractivity contribution in [2.45, 2.75) is 0 Å². The van der Waals surface area contributed by atoms with Crippen molar-refractivity contribution >= 4 is 65.3 Å². The van der Waals surface area contributed by atoms with E-state index in [2.05, 4.69) is 126 Å². The lowest BCUT2D eigenvalue weighted by Crippen LogP contribution is -2.02. The lowest BCUT2D eigenvalue weighted by Gasteiger charge is -2.16. The molecule has 0 fully saturated rings. The van der Waals surface area contributed by atoms with E-state index in [0.29, 0.717) is 17.5 Å². The number of rotatable bonds is 5. The molecular formula is C53H32N4O. The summed E-state index contributed by atoms with van der Waals surface area (Å²) in [5.41, 5.74) is 9.79. The molecule has 0 saturated heterocycles. The Morgan fingerprint density at radius 1 is 0.345 bits per heavy atom. The standard InChI is InChI=1S/C53H32N4O/c1-3-14-33(15-4-1)51-54-52(34-16-5-2-6-17-34)56-53(55-51)41-27-26-39(32-43(41)40-23-13-25-49-50(40)42-22-11-12-24-48(42)58-49)57-46-30-37-20-9-7-18-35(37)28-44(46)45-29-36-19-8-10-21-38(36)31-47(45)57/h1-32H. The van der Waals surface area contributed by atoms with Crippen LogP contribution < -0.4 is 0 Å². The van der Waals surface area contributed by atoms with Gasteiger partial charge in [0, 0.05) is 43.9 Å². The number of hydrogen-bond donors (Lipinski definition) is 0. The summed E-state index contributed by atoms with van der Waals surface area (Å²) in [4.78, 5) is 15.5. The van der Waals surface area contributed by atoms with Crippen molar-refractivity contribution < 1.29 is 4.42 Å². The smallest absolute Gasteiger partial charge is 0.164 e. The van der Waals surface area contributed by atoms with E-state index in [1.807, 2.05) is 72.8 Å². The number of benzene rings is 9. The summed E-state index contributed by atoms with van der Waals surface area (Å²) in [5.74, 6) is 1.83. The molecule has 0 atom stereocenters. The second-order valence-corrected chi connectivity index (χ2v) is 14.8. The van der Waals surface area contributed by atoms with E-state index in [-0.39, 0.29) is 0 Å². The highest BCUT2D eigenvalue weighted by Crippen LogP contribution is 2.43. The molecule has 0 aliphatic rings. The van der Waals surface area contributed by atoms with Gasteiger partial charge in [-0.25, -0.2) is 15.0 Å². The highest BCUT2D eigenvalue weighted by Gasteiger charge is 2.22. The molecule has 58 heavy (non-hydrogen) atoms. The average molecular weight is 741 g/mol. The lowest BCUT2D eigenvalue weighted by atomic mass is 9.94. The van der Waals surface area contributed by atoms with Crippen molar-refractivity contribution in [3.05, 3.63) is 194 Å². The van der Waals surface area contributed by atoms with Gasteiger partial charge in [0.15, 0.2) is 17.5 Å². The first-order valence-corrected chi connectivity index (χ1v) is 19.5. The van der Waals surface area contributed by atoms with Crippen LogP contribution in [0.3, 0.4) is 0 Å². The Balaban J connectivity index is 1.19. The quantitative estimate of drug-likeness (QED) is 0.176. The third kappa shape index (κ3) is 5.14. The Kier molecular flexibility index (Phi) is 7.16. The summed E-state index contributed by atoms with van der Waals surface area (Å²) < 4.78 is 8.89. The third-order valence-corrected chi connectivity index (χ3v) is 11.4. The highest BCUT2D eigenvalue weighted by atomic mass is 16.3. The van der Waals surface area contributed by atoms with Crippen LogP contribution in [0.25, 0.3) is 116 Å². The van der Waals surface area contributed by atoms with Gasteiger partial charge in [-0.1, -0.05) is 140 Å². The molecule has 9 aromatic carbocycles. The first kappa shape index (κ1) is 32.4. The van der Waals surface area contributed by atoms with Gasteiger partial charge in [0.05, 0.1) is 11.0 Å². The van der Waals surface area contributed by atoms with Crippen LogP contribution in [0.15, 0.2) is 199 Å². The van der Waals surface area contributed by atoms with E-state index in [1.54, 1.807) is 0 Å². The van der Waals surface area contributed by atoms with Crippen LogP contribution >= 0.6 is 0 Å². The van der Waals surface area contributed by atoms with E-state index in [1.165, 1.54) is 32.3 Å². The molecule has 0 aliphatic heterocycles. The first-order valence-electron chi connectivity index (χ1n) is 19.5. The summed E-state index contributed by atoms with van der Waals surface area (Å²) in [5, 5.41) is 9.37. The van der Waals surface area contributed by atoms with E-state index in [9.17, 15) is 0 Å². The number of furan rings is 1. The van der Waals surface area contributed by atoms with Crippen molar-refractivity contribution in [3.8, 4) is 51.0 Å². The second kappa shape index (κ2) is 12.8. The fourth-order valence-corrected chi connectivity index (χ4v) is 8.68.